The maximum atomic E-state index is 12.8. The van der Waals surface area contributed by atoms with E-state index in [4.69, 9.17) is 10.5 Å². The average Bonchev–Trinajstić information content (AvgIpc) is 2.28. The number of nitrogens with two attached hydrogens (primary N) is 1. The molecule has 0 amide bonds. The summed E-state index contributed by atoms with van der Waals surface area (Å²) >= 11 is 4.11. The minimum Gasteiger partial charge on any atom is -0.493 e. The van der Waals surface area contributed by atoms with E-state index in [0.29, 0.717) is 18.1 Å². The first-order chi connectivity index (χ1) is 7.72. The molecular formula is C12H18FNOS. The summed E-state index contributed by atoms with van der Waals surface area (Å²) in [4.78, 5) is 0. The third-order valence-corrected chi connectivity index (χ3v) is 2.74. The van der Waals surface area contributed by atoms with Crippen molar-refractivity contribution in [2.75, 3.05) is 12.4 Å². The van der Waals surface area contributed by atoms with E-state index in [1.54, 1.807) is 12.1 Å². The van der Waals surface area contributed by atoms with Crippen LogP contribution in [0.25, 0.3) is 0 Å². The molecule has 0 saturated heterocycles. The molecule has 2 N–H and O–H groups in total. The second kappa shape index (κ2) is 7.52. The van der Waals surface area contributed by atoms with Crippen LogP contribution in [0.5, 0.6) is 5.75 Å². The van der Waals surface area contributed by atoms with Crippen molar-refractivity contribution in [1.82, 2.24) is 0 Å². The van der Waals surface area contributed by atoms with Crippen molar-refractivity contribution in [3.63, 3.8) is 0 Å². The summed E-state index contributed by atoms with van der Waals surface area (Å²) < 4.78 is 18.2. The number of unbranched alkanes of at least 4 members (excludes halogenated alkanes) is 1. The molecular weight excluding hydrogens is 225 g/mol. The fraction of sp³-hybridized carbons (Fsp3) is 0.500. The first-order valence-electron chi connectivity index (χ1n) is 5.47. The second-order valence-corrected chi connectivity index (χ2v) is 4.11. The standard InChI is InChI=1S/C12H18FNOS/c13-10-4-3-6-12(8-10)15-7-2-1-5-11(14)9-16/h3-4,6,8,11,16H,1-2,5,7,9,14H2/t11-/m1/s1. The Morgan fingerprint density at radius 1 is 1.38 bits per heavy atom. The predicted octanol–water partition coefficient (Wildman–Crippen LogP) is 2.63. The highest BCUT2D eigenvalue weighted by molar-refractivity contribution is 7.80. The first kappa shape index (κ1) is 13.3. The average molecular weight is 243 g/mol. The van der Waals surface area contributed by atoms with Crippen LogP contribution in [0.15, 0.2) is 24.3 Å². The first-order valence-corrected chi connectivity index (χ1v) is 6.10. The van der Waals surface area contributed by atoms with Gasteiger partial charge in [-0.1, -0.05) is 6.07 Å². The third-order valence-electron chi connectivity index (χ3n) is 2.27. The van der Waals surface area contributed by atoms with E-state index in [0.717, 1.165) is 19.3 Å². The molecule has 0 fully saturated rings. The van der Waals surface area contributed by atoms with Crippen LogP contribution in [0.1, 0.15) is 19.3 Å². The van der Waals surface area contributed by atoms with Gasteiger partial charge in [0.2, 0.25) is 0 Å². The molecule has 0 spiro atoms. The van der Waals surface area contributed by atoms with Gasteiger partial charge in [0.25, 0.3) is 0 Å². The minimum absolute atomic E-state index is 0.164. The lowest BCUT2D eigenvalue weighted by Gasteiger charge is -2.08. The fourth-order valence-electron chi connectivity index (χ4n) is 1.35. The van der Waals surface area contributed by atoms with Gasteiger partial charge in [0.05, 0.1) is 6.61 Å². The number of rotatable bonds is 7. The summed E-state index contributed by atoms with van der Waals surface area (Å²) in [7, 11) is 0. The van der Waals surface area contributed by atoms with Crippen LogP contribution >= 0.6 is 12.6 Å². The third kappa shape index (κ3) is 5.37. The molecule has 1 atom stereocenters. The van der Waals surface area contributed by atoms with E-state index in [-0.39, 0.29) is 11.9 Å². The maximum Gasteiger partial charge on any atom is 0.126 e. The van der Waals surface area contributed by atoms with Gasteiger partial charge in [0.15, 0.2) is 0 Å². The van der Waals surface area contributed by atoms with Crippen molar-refractivity contribution in [3.05, 3.63) is 30.1 Å². The molecule has 4 heteroatoms. The summed E-state index contributed by atoms with van der Waals surface area (Å²) in [6.45, 7) is 0.600. The molecule has 0 bridgehead atoms. The van der Waals surface area contributed by atoms with Gasteiger partial charge in [-0.2, -0.15) is 12.6 Å². The van der Waals surface area contributed by atoms with E-state index in [1.165, 1.54) is 12.1 Å². The molecule has 1 aromatic carbocycles. The van der Waals surface area contributed by atoms with E-state index < -0.39 is 0 Å². The molecule has 0 aliphatic heterocycles. The molecule has 0 saturated carbocycles. The van der Waals surface area contributed by atoms with Crippen molar-refractivity contribution in [1.29, 1.82) is 0 Å². The molecule has 0 radical (unpaired) electrons. The lowest BCUT2D eigenvalue weighted by Crippen LogP contribution is -2.21. The Balaban J connectivity index is 2.12. The quantitative estimate of drug-likeness (QED) is 0.570. The molecule has 0 aliphatic carbocycles. The van der Waals surface area contributed by atoms with E-state index in [1.807, 2.05) is 0 Å². The molecule has 90 valence electrons. The van der Waals surface area contributed by atoms with Crippen LogP contribution in [0, 0.1) is 5.82 Å². The molecule has 0 aliphatic rings. The highest BCUT2D eigenvalue weighted by Gasteiger charge is 1.99. The van der Waals surface area contributed by atoms with Gasteiger partial charge in [0, 0.05) is 17.9 Å². The van der Waals surface area contributed by atoms with Crippen molar-refractivity contribution < 1.29 is 9.13 Å². The maximum absolute atomic E-state index is 12.8. The van der Waals surface area contributed by atoms with Crippen LogP contribution < -0.4 is 10.5 Å². The van der Waals surface area contributed by atoms with Crippen molar-refractivity contribution in [3.8, 4) is 5.75 Å². The Morgan fingerprint density at radius 2 is 2.19 bits per heavy atom. The Morgan fingerprint density at radius 3 is 2.88 bits per heavy atom. The Bertz CT molecular complexity index is 309. The second-order valence-electron chi connectivity index (χ2n) is 3.74. The summed E-state index contributed by atoms with van der Waals surface area (Å²) in [6.07, 6.45) is 2.89. The van der Waals surface area contributed by atoms with Gasteiger partial charge in [-0.15, -0.1) is 0 Å². The minimum atomic E-state index is -0.269. The Labute approximate surface area is 101 Å². The zero-order chi connectivity index (χ0) is 11.8. The van der Waals surface area contributed by atoms with E-state index >= 15 is 0 Å². The number of benzene rings is 1. The fourth-order valence-corrected chi connectivity index (χ4v) is 1.53. The van der Waals surface area contributed by atoms with Gasteiger partial charge in [-0.25, -0.2) is 4.39 Å². The topological polar surface area (TPSA) is 35.2 Å². The number of thiol groups is 1. The predicted molar refractivity (Wildman–Crippen MR) is 67.6 cm³/mol. The van der Waals surface area contributed by atoms with Gasteiger partial charge >= 0.3 is 0 Å². The van der Waals surface area contributed by atoms with Crippen molar-refractivity contribution >= 4 is 12.6 Å². The van der Waals surface area contributed by atoms with Gasteiger partial charge in [0.1, 0.15) is 11.6 Å². The lowest BCUT2D eigenvalue weighted by molar-refractivity contribution is 0.302. The summed E-state index contributed by atoms with van der Waals surface area (Å²) in [6, 6.07) is 6.35. The smallest absolute Gasteiger partial charge is 0.126 e. The molecule has 16 heavy (non-hydrogen) atoms. The molecule has 0 unspecified atom stereocenters. The molecule has 2 nitrogen and oxygen atoms in total. The van der Waals surface area contributed by atoms with Crippen LogP contribution in [0.3, 0.4) is 0 Å². The monoisotopic (exact) mass is 243 g/mol. The highest BCUT2D eigenvalue weighted by atomic mass is 32.1. The SMILES string of the molecule is N[C@@H](CS)CCCCOc1cccc(F)c1. The van der Waals surface area contributed by atoms with Crippen molar-refractivity contribution in [2.24, 2.45) is 5.73 Å². The lowest BCUT2D eigenvalue weighted by atomic mass is 10.1. The van der Waals surface area contributed by atoms with E-state index in [9.17, 15) is 4.39 Å². The molecule has 0 heterocycles. The number of hydrogen-bond donors (Lipinski definition) is 2. The van der Waals surface area contributed by atoms with Gasteiger partial charge in [-0.05, 0) is 31.4 Å². The van der Waals surface area contributed by atoms with Gasteiger partial charge in [-0.3, -0.25) is 0 Å². The van der Waals surface area contributed by atoms with Gasteiger partial charge < -0.3 is 10.5 Å². The Kier molecular flexibility index (Phi) is 6.26. The zero-order valence-corrected chi connectivity index (χ0v) is 10.1. The molecule has 1 rings (SSSR count). The van der Waals surface area contributed by atoms with Crippen LogP contribution in [0.2, 0.25) is 0 Å². The number of ether oxygens (including phenoxy) is 1. The highest BCUT2D eigenvalue weighted by Crippen LogP contribution is 2.12. The molecule has 1 aromatic rings. The van der Waals surface area contributed by atoms with Crippen LogP contribution in [-0.4, -0.2) is 18.4 Å². The van der Waals surface area contributed by atoms with Crippen LogP contribution in [-0.2, 0) is 0 Å². The number of hydrogen-bond acceptors (Lipinski definition) is 3. The largest absolute Gasteiger partial charge is 0.493 e. The number of halogens is 1. The Hall–Kier alpha value is -0.740. The summed E-state index contributed by atoms with van der Waals surface area (Å²) in [5.41, 5.74) is 5.72. The zero-order valence-electron chi connectivity index (χ0n) is 9.23. The normalized spacial score (nSPS) is 12.4. The van der Waals surface area contributed by atoms with E-state index in [2.05, 4.69) is 12.6 Å². The van der Waals surface area contributed by atoms with Crippen LogP contribution in [0.4, 0.5) is 4.39 Å². The summed E-state index contributed by atoms with van der Waals surface area (Å²) in [5.74, 6) is 1.03. The molecule has 0 aromatic heterocycles. The van der Waals surface area contributed by atoms with Crippen molar-refractivity contribution in [2.45, 2.75) is 25.3 Å². The summed E-state index contributed by atoms with van der Waals surface area (Å²) in [5, 5.41) is 0.